The van der Waals surface area contributed by atoms with Crippen LogP contribution in [0.5, 0.6) is 0 Å². The lowest BCUT2D eigenvalue weighted by Crippen LogP contribution is -1.83. The molecule has 0 saturated carbocycles. The Morgan fingerprint density at radius 3 is 2.93 bits per heavy atom. The third-order valence-electron chi connectivity index (χ3n) is 1.50. The van der Waals surface area contributed by atoms with Crippen LogP contribution < -0.4 is 0 Å². The van der Waals surface area contributed by atoms with Crippen LogP contribution in [0.15, 0.2) is 22.7 Å². The summed E-state index contributed by atoms with van der Waals surface area (Å²) < 4.78 is 13.2. The molecule has 0 bridgehead atoms. The summed E-state index contributed by atoms with van der Waals surface area (Å²) in [6, 6.07) is 4.57. The third-order valence-corrected chi connectivity index (χ3v) is 2.80. The Balaban J connectivity index is 2.64. The van der Waals surface area contributed by atoms with Crippen molar-refractivity contribution in [1.29, 1.82) is 0 Å². The van der Waals surface area contributed by atoms with Crippen molar-refractivity contribution in [3.8, 4) is 11.8 Å². The number of rotatable bonds is 1. The zero-order valence-corrected chi connectivity index (χ0v) is 10.4. The number of halogens is 2. The van der Waals surface area contributed by atoms with Gasteiger partial charge in [0.25, 0.3) is 0 Å². The summed E-state index contributed by atoms with van der Waals surface area (Å²) in [6.45, 7) is 1.50. The van der Waals surface area contributed by atoms with Gasteiger partial charge in [0.15, 0.2) is 5.12 Å². The highest BCUT2D eigenvalue weighted by Crippen LogP contribution is 2.16. The van der Waals surface area contributed by atoms with Crippen LogP contribution in [0.25, 0.3) is 0 Å². The van der Waals surface area contributed by atoms with Crippen molar-refractivity contribution in [2.75, 3.05) is 5.75 Å². The van der Waals surface area contributed by atoms with Crippen LogP contribution in [0, 0.1) is 17.7 Å². The Morgan fingerprint density at radius 1 is 1.60 bits per heavy atom. The van der Waals surface area contributed by atoms with Crippen molar-refractivity contribution in [3.05, 3.63) is 34.1 Å². The SMILES string of the molecule is CC(=O)SCC#Cc1ccc(F)c(Br)c1. The Labute approximate surface area is 101 Å². The van der Waals surface area contributed by atoms with E-state index < -0.39 is 0 Å². The predicted octanol–water partition coefficient (Wildman–Crippen LogP) is 3.22. The second kappa shape index (κ2) is 5.94. The van der Waals surface area contributed by atoms with Crippen molar-refractivity contribution in [1.82, 2.24) is 0 Å². The van der Waals surface area contributed by atoms with Gasteiger partial charge in [-0.25, -0.2) is 4.39 Å². The van der Waals surface area contributed by atoms with E-state index in [0.29, 0.717) is 10.2 Å². The molecule has 0 aliphatic carbocycles. The first-order valence-electron chi connectivity index (χ1n) is 4.17. The van der Waals surface area contributed by atoms with Crippen LogP contribution in [-0.2, 0) is 4.79 Å². The fraction of sp³-hybridized carbons (Fsp3) is 0.182. The summed E-state index contributed by atoms with van der Waals surface area (Å²) in [4.78, 5) is 10.6. The van der Waals surface area contributed by atoms with Crippen LogP contribution in [0.1, 0.15) is 12.5 Å². The molecule has 1 aromatic carbocycles. The first kappa shape index (κ1) is 12.3. The molecule has 0 saturated heterocycles. The lowest BCUT2D eigenvalue weighted by atomic mass is 10.2. The van der Waals surface area contributed by atoms with Gasteiger partial charge >= 0.3 is 0 Å². The summed E-state index contributed by atoms with van der Waals surface area (Å²) in [5.74, 6) is 5.83. The summed E-state index contributed by atoms with van der Waals surface area (Å²) >= 11 is 4.24. The molecule has 0 aliphatic heterocycles. The van der Waals surface area contributed by atoms with E-state index in [2.05, 4.69) is 27.8 Å². The molecule has 0 aromatic heterocycles. The van der Waals surface area contributed by atoms with Crippen molar-refractivity contribution in [3.63, 3.8) is 0 Å². The molecule has 0 atom stereocenters. The molecule has 0 heterocycles. The van der Waals surface area contributed by atoms with Crippen LogP contribution in [0.3, 0.4) is 0 Å². The molecule has 4 heteroatoms. The molecule has 1 rings (SSSR count). The van der Waals surface area contributed by atoms with Gasteiger partial charge in [0, 0.05) is 12.5 Å². The maximum absolute atomic E-state index is 12.8. The number of hydrogen-bond acceptors (Lipinski definition) is 2. The van der Waals surface area contributed by atoms with Crippen molar-refractivity contribution < 1.29 is 9.18 Å². The van der Waals surface area contributed by atoms with Gasteiger partial charge in [0.2, 0.25) is 0 Å². The number of carbonyl (C=O) groups is 1. The standard InChI is InChI=1S/C11H8BrFOS/c1-8(14)15-6-2-3-9-4-5-11(13)10(12)7-9/h4-5,7H,6H2,1H3. The molecule has 0 N–H and O–H groups in total. The molecule has 0 amide bonds. The van der Waals surface area contributed by atoms with E-state index in [0.717, 1.165) is 17.3 Å². The zero-order chi connectivity index (χ0) is 11.3. The highest BCUT2D eigenvalue weighted by molar-refractivity contribution is 9.10. The topological polar surface area (TPSA) is 17.1 Å². The lowest BCUT2D eigenvalue weighted by molar-refractivity contribution is -0.109. The van der Waals surface area contributed by atoms with Gasteiger partial charge in [-0.05, 0) is 34.1 Å². The quantitative estimate of drug-likeness (QED) is 0.738. The van der Waals surface area contributed by atoms with Gasteiger partial charge in [-0.3, -0.25) is 4.79 Å². The largest absolute Gasteiger partial charge is 0.288 e. The van der Waals surface area contributed by atoms with Crippen molar-refractivity contribution in [2.24, 2.45) is 0 Å². The zero-order valence-electron chi connectivity index (χ0n) is 8.01. The molecule has 1 aromatic rings. The molecular formula is C11H8BrFOS. The fourth-order valence-electron chi connectivity index (χ4n) is 0.850. The molecular weight excluding hydrogens is 279 g/mol. The van der Waals surface area contributed by atoms with Gasteiger partial charge in [-0.2, -0.15) is 0 Å². The summed E-state index contributed by atoms with van der Waals surface area (Å²) in [7, 11) is 0. The highest BCUT2D eigenvalue weighted by atomic mass is 79.9. The van der Waals surface area contributed by atoms with Gasteiger partial charge in [-0.15, -0.1) is 0 Å². The molecule has 78 valence electrons. The van der Waals surface area contributed by atoms with Crippen molar-refractivity contribution >= 4 is 32.8 Å². The van der Waals surface area contributed by atoms with E-state index in [9.17, 15) is 9.18 Å². The van der Waals surface area contributed by atoms with Crippen LogP contribution in [-0.4, -0.2) is 10.9 Å². The molecule has 0 radical (unpaired) electrons. The summed E-state index contributed by atoms with van der Waals surface area (Å²) in [5, 5.41) is 0.0459. The van der Waals surface area contributed by atoms with Gasteiger partial charge < -0.3 is 0 Å². The van der Waals surface area contributed by atoms with Crippen LogP contribution >= 0.6 is 27.7 Å². The molecule has 0 fully saturated rings. The smallest absolute Gasteiger partial charge is 0.186 e. The van der Waals surface area contributed by atoms with E-state index in [4.69, 9.17) is 0 Å². The molecule has 0 spiro atoms. The van der Waals surface area contributed by atoms with Gasteiger partial charge in [0.1, 0.15) is 5.82 Å². The minimum Gasteiger partial charge on any atom is -0.288 e. The summed E-state index contributed by atoms with van der Waals surface area (Å²) in [6.07, 6.45) is 0. The molecule has 0 unspecified atom stereocenters. The van der Waals surface area contributed by atoms with E-state index in [1.54, 1.807) is 12.1 Å². The first-order valence-corrected chi connectivity index (χ1v) is 5.95. The molecule has 1 nitrogen and oxygen atoms in total. The number of thioether (sulfide) groups is 1. The monoisotopic (exact) mass is 286 g/mol. The second-order valence-electron chi connectivity index (χ2n) is 2.71. The van der Waals surface area contributed by atoms with Gasteiger partial charge in [0.05, 0.1) is 10.2 Å². The van der Waals surface area contributed by atoms with Crippen molar-refractivity contribution in [2.45, 2.75) is 6.92 Å². The van der Waals surface area contributed by atoms with E-state index in [-0.39, 0.29) is 10.9 Å². The lowest BCUT2D eigenvalue weighted by Gasteiger charge is -1.94. The number of benzene rings is 1. The Morgan fingerprint density at radius 2 is 2.33 bits per heavy atom. The maximum atomic E-state index is 12.8. The van der Waals surface area contributed by atoms with E-state index >= 15 is 0 Å². The average Bonchev–Trinajstić information content (AvgIpc) is 2.18. The number of carbonyl (C=O) groups excluding carboxylic acids is 1. The van der Waals surface area contributed by atoms with Crippen LogP contribution in [0.2, 0.25) is 0 Å². The highest BCUT2D eigenvalue weighted by Gasteiger charge is 1.97. The molecule has 15 heavy (non-hydrogen) atoms. The Hall–Kier alpha value is -0.790. The Bertz CT molecular complexity index is 434. The normalized spacial score (nSPS) is 9.27. The number of hydrogen-bond donors (Lipinski definition) is 0. The predicted molar refractivity (Wildman–Crippen MR) is 64.1 cm³/mol. The second-order valence-corrected chi connectivity index (χ2v) is 4.72. The summed E-state index contributed by atoms with van der Waals surface area (Å²) in [5.41, 5.74) is 0.729. The average molecular weight is 287 g/mol. The third kappa shape index (κ3) is 4.50. The maximum Gasteiger partial charge on any atom is 0.186 e. The minimum absolute atomic E-state index is 0.0459. The Kier molecular flexibility index (Phi) is 4.86. The molecule has 0 aliphatic rings. The van der Waals surface area contributed by atoms with Crippen LogP contribution in [0.4, 0.5) is 4.39 Å². The van der Waals surface area contributed by atoms with E-state index in [1.807, 2.05) is 0 Å². The first-order chi connectivity index (χ1) is 7.09. The van der Waals surface area contributed by atoms with E-state index in [1.165, 1.54) is 13.0 Å². The van der Waals surface area contributed by atoms with Gasteiger partial charge in [-0.1, -0.05) is 23.6 Å². The minimum atomic E-state index is -0.307. The fourth-order valence-corrected chi connectivity index (χ4v) is 1.58.